The summed E-state index contributed by atoms with van der Waals surface area (Å²) in [7, 11) is 1.60. The molecule has 0 bridgehead atoms. The summed E-state index contributed by atoms with van der Waals surface area (Å²) in [4.78, 5) is 12.7. The van der Waals surface area contributed by atoms with Crippen LogP contribution in [-0.2, 0) is 4.79 Å². The molecular weight excluding hydrogens is 220 g/mol. The highest BCUT2D eigenvalue weighted by Gasteiger charge is 2.20. The lowest BCUT2D eigenvalue weighted by molar-refractivity contribution is -0.135. The minimum Gasteiger partial charge on any atom is -0.495 e. The topological polar surface area (TPSA) is 61.8 Å². The van der Waals surface area contributed by atoms with Gasteiger partial charge in [0.25, 0.3) is 0 Å². The second-order valence-corrected chi connectivity index (χ2v) is 3.95. The van der Waals surface area contributed by atoms with Crippen LogP contribution in [0.4, 0.5) is 11.4 Å². The molecule has 1 heterocycles. The molecule has 5 nitrogen and oxygen atoms in total. The first kappa shape index (κ1) is 11.6. The third-order valence-corrected chi connectivity index (χ3v) is 2.78. The van der Waals surface area contributed by atoms with Crippen molar-refractivity contribution in [2.24, 2.45) is 0 Å². The number of hydrogen-bond acceptors (Lipinski definition) is 4. The van der Waals surface area contributed by atoms with E-state index < -0.39 is 5.97 Å². The van der Waals surface area contributed by atoms with Crippen LogP contribution < -0.4 is 15.0 Å². The molecule has 17 heavy (non-hydrogen) atoms. The Morgan fingerprint density at radius 2 is 2.41 bits per heavy atom. The summed E-state index contributed by atoms with van der Waals surface area (Å²) < 4.78 is 5.31. The zero-order chi connectivity index (χ0) is 12.3. The Hall–Kier alpha value is -1.91. The van der Waals surface area contributed by atoms with Crippen molar-refractivity contribution in [1.29, 1.82) is 0 Å². The van der Waals surface area contributed by atoms with E-state index in [1.165, 1.54) is 0 Å². The number of methoxy groups -OCH3 is 1. The van der Waals surface area contributed by atoms with Gasteiger partial charge in [-0.25, -0.2) is 0 Å². The van der Waals surface area contributed by atoms with Gasteiger partial charge in [0.2, 0.25) is 0 Å². The normalized spacial score (nSPS) is 14.5. The fraction of sp³-hybridized carbons (Fsp3) is 0.417. The maximum Gasteiger partial charge on any atom is 0.323 e. The summed E-state index contributed by atoms with van der Waals surface area (Å²) >= 11 is 0. The van der Waals surface area contributed by atoms with Crippen LogP contribution in [0.3, 0.4) is 0 Å². The number of fused-ring (bicyclic) bond motifs is 1. The van der Waals surface area contributed by atoms with Gasteiger partial charge < -0.3 is 20.1 Å². The minimum absolute atomic E-state index is 0.00491. The van der Waals surface area contributed by atoms with Crippen molar-refractivity contribution in [1.82, 2.24) is 0 Å². The van der Waals surface area contributed by atoms with Crippen molar-refractivity contribution in [2.45, 2.75) is 6.42 Å². The summed E-state index contributed by atoms with van der Waals surface area (Å²) in [6.07, 6.45) is 0.908. The number of aliphatic carboxylic acids is 1. The number of carboxylic acid groups (broad SMARTS) is 1. The molecule has 2 rings (SSSR count). The van der Waals surface area contributed by atoms with Crippen LogP contribution in [0.2, 0.25) is 0 Å². The lowest BCUT2D eigenvalue weighted by Crippen LogP contribution is -2.30. The molecule has 1 aromatic rings. The number of carboxylic acids is 1. The van der Waals surface area contributed by atoms with Gasteiger partial charge in [0.15, 0.2) is 0 Å². The first-order chi connectivity index (χ1) is 8.22. The molecule has 1 aliphatic rings. The quantitative estimate of drug-likeness (QED) is 0.830. The summed E-state index contributed by atoms with van der Waals surface area (Å²) in [5.74, 6) is -0.123. The Morgan fingerprint density at radius 1 is 1.59 bits per heavy atom. The smallest absolute Gasteiger partial charge is 0.323 e. The van der Waals surface area contributed by atoms with Crippen LogP contribution in [0.25, 0.3) is 0 Å². The van der Waals surface area contributed by atoms with E-state index in [9.17, 15) is 4.79 Å². The van der Waals surface area contributed by atoms with E-state index in [1.807, 2.05) is 23.1 Å². The molecule has 0 aliphatic carbocycles. The van der Waals surface area contributed by atoms with Crippen LogP contribution >= 0.6 is 0 Å². The number of carbonyl (C=O) groups is 1. The van der Waals surface area contributed by atoms with Gasteiger partial charge in [-0.2, -0.15) is 0 Å². The fourth-order valence-corrected chi connectivity index (χ4v) is 2.08. The Kier molecular flexibility index (Phi) is 3.37. The van der Waals surface area contributed by atoms with Crippen LogP contribution in [-0.4, -0.2) is 37.8 Å². The second-order valence-electron chi connectivity index (χ2n) is 3.95. The Morgan fingerprint density at radius 3 is 3.12 bits per heavy atom. The number of benzene rings is 1. The van der Waals surface area contributed by atoms with E-state index in [2.05, 4.69) is 5.32 Å². The van der Waals surface area contributed by atoms with Crippen LogP contribution in [0.15, 0.2) is 18.2 Å². The average Bonchev–Trinajstić information content (AvgIpc) is 2.51. The van der Waals surface area contributed by atoms with E-state index in [0.717, 1.165) is 24.3 Å². The summed E-state index contributed by atoms with van der Waals surface area (Å²) in [5.41, 5.74) is 1.78. The highest BCUT2D eigenvalue weighted by molar-refractivity contribution is 5.82. The molecule has 0 aromatic heterocycles. The number of anilines is 2. The number of nitrogens with one attached hydrogen (secondary N) is 1. The van der Waals surface area contributed by atoms with Crippen LogP contribution in [0.5, 0.6) is 5.75 Å². The Bertz CT molecular complexity index is 420. The third-order valence-electron chi connectivity index (χ3n) is 2.78. The van der Waals surface area contributed by atoms with E-state index in [-0.39, 0.29) is 6.54 Å². The number of rotatable bonds is 3. The highest BCUT2D eigenvalue weighted by atomic mass is 16.5. The molecule has 92 valence electrons. The van der Waals surface area contributed by atoms with Crippen molar-refractivity contribution in [3.8, 4) is 5.75 Å². The Balaban J connectivity index is 2.41. The number of nitrogens with zero attached hydrogens (tertiary/aromatic N) is 1. The van der Waals surface area contributed by atoms with E-state index >= 15 is 0 Å². The van der Waals surface area contributed by atoms with Gasteiger partial charge in [-0.05, 0) is 18.6 Å². The van der Waals surface area contributed by atoms with Crippen LogP contribution in [0, 0.1) is 0 Å². The first-order valence-corrected chi connectivity index (χ1v) is 5.60. The predicted octanol–water partition coefficient (Wildman–Crippen LogP) is 1.40. The molecule has 0 fully saturated rings. The molecule has 5 heteroatoms. The van der Waals surface area contributed by atoms with Gasteiger partial charge in [0.1, 0.15) is 18.0 Å². The molecule has 0 atom stereocenters. The van der Waals surface area contributed by atoms with Crippen molar-refractivity contribution in [3.63, 3.8) is 0 Å². The average molecular weight is 236 g/mol. The Labute approximate surface area is 100.0 Å². The number of para-hydroxylation sites is 1. The first-order valence-electron chi connectivity index (χ1n) is 5.60. The largest absolute Gasteiger partial charge is 0.495 e. The van der Waals surface area contributed by atoms with Gasteiger partial charge >= 0.3 is 5.97 Å². The summed E-state index contributed by atoms with van der Waals surface area (Å²) in [6.45, 7) is 1.55. The summed E-state index contributed by atoms with van der Waals surface area (Å²) in [6, 6.07) is 5.69. The third kappa shape index (κ3) is 2.43. The van der Waals surface area contributed by atoms with Gasteiger partial charge in [0, 0.05) is 13.1 Å². The van der Waals surface area contributed by atoms with Gasteiger partial charge in [0.05, 0.1) is 12.8 Å². The molecule has 0 radical (unpaired) electrons. The fourth-order valence-electron chi connectivity index (χ4n) is 2.08. The number of hydrogen-bond donors (Lipinski definition) is 2. The molecule has 0 saturated heterocycles. The molecule has 0 amide bonds. The monoisotopic (exact) mass is 236 g/mol. The van der Waals surface area contributed by atoms with Crippen molar-refractivity contribution >= 4 is 17.3 Å². The molecular formula is C12H16N2O3. The predicted molar refractivity (Wildman–Crippen MR) is 65.9 cm³/mol. The van der Waals surface area contributed by atoms with E-state index in [0.29, 0.717) is 12.3 Å². The zero-order valence-corrected chi connectivity index (χ0v) is 9.77. The molecule has 2 N–H and O–H groups in total. The molecule has 0 saturated carbocycles. The molecule has 1 aromatic carbocycles. The maximum atomic E-state index is 10.9. The van der Waals surface area contributed by atoms with Crippen molar-refractivity contribution in [2.75, 3.05) is 37.0 Å². The van der Waals surface area contributed by atoms with Gasteiger partial charge in [-0.3, -0.25) is 4.79 Å². The van der Waals surface area contributed by atoms with E-state index in [4.69, 9.17) is 9.84 Å². The highest BCUT2D eigenvalue weighted by Crippen LogP contribution is 2.37. The summed E-state index contributed by atoms with van der Waals surface area (Å²) in [5, 5.41) is 12.2. The molecule has 0 spiro atoms. The minimum atomic E-state index is -0.830. The van der Waals surface area contributed by atoms with Crippen LogP contribution in [0.1, 0.15) is 6.42 Å². The molecule has 0 unspecified atom stereocenters. The SMILES string of the molecule is COc1cccc2c1N(CC(=O)O)CCCN2. The van der Waals surface area contributed by atoms with E-state index in [1.54, 1.807) is 7.11 Å². The lowest BCUT2D eigenvalue weighted by Gasteiger charge is -2.24. The van der Waals surface area contributed by atoms with Crippen molar-refractivity contribution < 1.29 is 14.6 Å². The second kappa shape index (κ2) is 4.95. The van der Waals surface area contributed by atoms with Gasteiger partial charge in [-0.15, -0.1) is 0 Å². The maximum absolute atomic E-state index is 10.9. The molecule has 1 aliphatic heterocycles. The standard InChI is InChI=1S/C12H16N2O3/c1-17-10-5-2-4-9-12(10)14(8-11(15)16)7-3-6-13-9/h2,4-5,13H,3,6-8H2,1H3,(H,15,16). The number of ether oxygens (including phenoxy) is 1. The van der Waals surface area contributed by atoms with Gasteiger partial charge in [-0.1, -0.05) is 6.07 Å². The zero-order valence-electron chi connectivity index (χ0n) is 9.77. The lowest BCUT2D eigenvalue weighted by atomic mass is 10.2. The van der Waals surface area contributed by atoms with Crippen molar-refractivity contribution in [3.05, 3.63) is 18.2 Å².